The summed E-state index contributed by atoms with van der Waals surface area (Å²) in [6.07, 6.45) is 6.04. The molecular weight excluding hydrogens is 554 g/mol. The molecule has 1 saturated heterocycles. The first-order chi connectivity index (χ1) is 19.6. The number of hydrogen-bond acceptors (Lipinski definition) is 9. The van der Waals surface area contributed by atoms with Crippen molar-refractivity contribution in [3.8, 4) is 0 Å². The quantitative estimate of drug-likeness (QED) is 0.283. The molecule has 4 rings (SSSR count). The van der Waals surface area contributed by atoms with E-state index in [1.165, 1.54) is 16.0 Å². The van der Waals surface area contributed by atoms with Crippen LogP contribution in [0.25, 0.3) is 0 Å². The smallest absolute Gasteiger partial charge is 0.328 e. The highest BCUT2D eigenvalue weighted by atomic mass is 32.2. The maximum atomic E-state index is 9.55. The molecule has 13 heteroatoms. The van der Waals surface area contributed by atoms with Crippen molar-refractivity contribution in [1.82, 2.24) is 14.8 Å². The predicted octanol–water partition coefficient (Wildman–Crippen LogP) is 2.25. The Morgan fingerprint density at radius 2 is 1.39 bits per heavy atom. The van der Waals surface area contributed by atoms with Gasteiger partial charge in [-0.2, -0.15) is 0 Å². The van der Waals surface area contributed by atoms with Crippen LogP contribution >= 0.6 is 11.8 Å². The molecule has 1 fully saturated rings. The van der Waals surface area contributed by atoms with Gasteiger partial charge in [-0.15, -0.1) is 0 Å². The minimum Gasteiger partial charge on any atom is -0.478 e. The number of pyridine rings is 1. The minimum atomic E-state index is -1.26. The summed E-state index contributed by atoms with van der Waals surface area (Å²) in [6, 6.07) is 13.5. The summed E-state index contributed by atoms with van der Waals surface area (Å²) in [7, 11) is 0. The van der Waals surface area contributed by atoms with E-state index < -0.39 is 23.9 Å². The summed E-state index contributed by atoms with van der Waals surface area (Å²) in [6.45, 7) is 5.65. The summed E-state index contributed by atoms with van der Waals surface area (Å²) in [5, 5.41) is 41.4. The molecule has 0 amide bonds. The van der Waals surface area contributed by atoms with Crippen LogP contribution in [0.5, 0.6) is 0 Å². The SMILES string of the molecule is O=C(O)/C=C\C(=O)O.O=C(O)/C=C\C(=O)O.OCCCN1CCN(C2Cc3cccnc3Sc3ccccc32)CC1. The van der Waals surface area contributed by atoms with Crippen LogP contribution in [0.3, 0.4) is 0 Å². The molecule has 220 valence electrons. The van der Waals surface area contributed by atoms with Gasteiger partial charge in [0.1, 0.15) is 5.03 Å². The number of aliphatic carboxylic acids is 4. The third-order valence-electron chi connectivity index (χ3n) is 5.96. The van der Waals surface area contributed by atoms with Gasteiger partial charge >= 0.3 is 23.9 Å². The molecular formula is C28H33N3O9S. The number of carboxylic acid groups (broad SMARTS) is 4. The maximum Gasteiger partial charge on any atom is 0.328 e. The number of aliphatic hydroxyl groups excluding tert-OH is 1. The number of aliphatic hydroxyl groups is 1. The Kier molecular flexibility index (Phi) is 14.2. The van der Waals surface area contributed by atoms with E-state index in [0.717, 1.165) is 50.6 Å². The second-order valence-corrected chi connectivity index (χ2v) is 9.83. The van der Waals surface area contributed by atoms with Crippen molar-refractivity contribution < 1.29 is 44.7 Å². The zero-order chi connectivity index (χ0) is 30.2. The first-order valence-electron chi connectivity index (χ1n) is 12.7. The number of nitrogens with zero attached hydrogens (tertiary/aromatic N) is 3. The highest BCUT2D eigenvalue weighted by Gasteiger charge is 2.30. The molecule has 0 saturated carbocycles. The third-order valence-corrected chi connectivity index (χ3v) is 7.12. The molecule has 1 atom stereocenters. The van der Waals surface area contributed by atoms with E-state index in [4.69, 9.17) is 25.5 Å². The standard InChI is InChI=1S/C20H25N3OS.2C4H4O4/c24-14-4-9-22-10-12-23(13-11-22)18-15-16-5-3-8-21-20(16)25-19-7-2-1-6-17(18)19;2*5-3(6)1-2-4(7)8/h1-3,5-8,18,24H,4,9-15H2;2*1-2H,(H,5,6)(H,7,8)/b;2*2-1-. The lowest BCUT2D eigenvalue weighted by Crippen LogP contribution is -2.48. The number of carboxylic acids is 4. The molecule has 0 spiro atoms. The Morgan fingerprint density at radius 3 is 1.93 bits per heavy atom. The fourth-order valence-corrected chi connectivity index (χ4v) is 5.22. The van der Waals surface area contributed by atoms with E-state index in [1.807, 2.05) is 6.20 Å². The van der Waals surface area contributed by atoms with Crippen molar-refractivity contribution in [2.75, 3.05) is 39.3 Å². The molecule has 2 aliphatic rings. The molecule has 0 aliphatic carbocycles. The van der Waals surface area contributed by atoms with Gasteiger partial charge in [0.25, 0.3) is 0 Å². The van der Waals surface area contributed by atoms with Gasteiger partial charge in [-0.05, 0) is 36.1 Å². The summed E-state index contributed by atoms with van der Waals surface area (Å²) in [5.74, 6) is -5.03. The van der Waals surface area contributed by atoms with Gasteiger partial charge < -0.3 is 30.4 Å². The topological polar surface area (TPSA) is 189 Å². The number of benzene rings is 1. The van der Waals surface area contributed by atoms with Gasteiger partial charge in [0.05, 0.1) is 0 Å². The maximum absolute atomic E-state index is 9.55. The van der Waals surface area contributed by atoms with Gasteiger partial charge in [0.15, 0.2) is 0 Å². The van der Waals surface area contributed by atoms with Gasteiger partial charge in [-0.25, -0.2) is 24.2 Å². The Hall–Kier alpha value is -4.04. The minimum absolute atomic E-state index is 0.289. The Morgan fingerprint density at radius 1 is 0.829 bits per heavy atom. The van der Waals surface area contributed by atoms with Crippen molar-refractivity contribution in [2.45, 2.75) is 28.8 Å². The van der Waals surface area contributed by atoms with Crippen molar-refractivity contribution in [1.29, 1.82) is 0 Å². The number of piperazine rings is 1. The van der Waals surface area contributed by atoms with E-state index in [-0.39, 0.29) is 6.61 Å². The Balaban J connectivity index is 0.000000304. The van der Waals surface area contributed by atoms with Crippen molar-refractivity contribution >= 4 is 35.6 Å². The van der Waals surface area contributed by atoms with E-state index in [1.54, 1.807) is 11.8 Å². The average molecular weight is 588 g/mol. The molecule has 2 aromatic rings. The molecule has 41 heavy (non-hydrogen) atoms. The fraction of sp³-hybridized carbons (Fsp3) is 0.321. The van der Waals surface area contributed by atoms with E-state index >= 15 is 0 Å². The van der Waals surface area contributed by atoms with Crippen LogP contribution in [0.15, 0.2) is 76.8 Å². The zero-order valence-electron chi connectivity index (χ0n) is 22.2. The lowest BCUT2D eigenvalue weighted by Gasteiger charge is -2.39. The third kappa shape index (κ3) is 12.3. The fourth-order valence-electron chi connectivity index (χ4n) is 4.15. The van der Waals surface area contributed by atoms with Gasteiger partial charge in [-0.3, -0.25) is 4.90 Å². The molecule has 3 heterocycles. The second-order valence-electron chi connectivity index (χ2n) is 8.80. The number of hydrogen-bond donors (Lipinski definition) is 5. The lowest BCUT2D eigenvalue weighted by atomic mass is 9.97. The molecule has 1 unspecified atom stereocenters. The summed E-state index contributed by atoms with van der Waals surface area (Å²) in [5.41, 5.74) is 2.80. The van der Waals surface area contributed by atoms with Crippen LogP contribution in [0.4, 0.5) is 0 Å². The Bertz CT molecular complexity index is 1180. The second kappa shape index (κ2) is 17.6. The molecule has 0 bridgehead atoms. The molecule has 0 radical (unpaired) electrons. The van der Waals surface area contributed by atoms with Crippen molar-refractivity contribution in [2.24, 2.45) is 0 Å². The first kappa shape index (κ1) is 33.2. The molecule has 5 N–H and O–H groups in total. The van der Waals surface area contributed by atoms with Crippen LogP contribution in [-0.4, -0.2) is 104 Å². The van der Waals surface area contributed by atoms with Crippen molar-refractivity contribution in [3.05, 3.63) is 78.0 Å². The van der Waals surface area contributed by atoms with Crippen molar-refractivity contribution in [3.63, 3.8) is 0 Å². The lowest BCUT2D eigenvalue weighted by molar-refractivity contribution is -0.134. The zero-order valence-corrected chi connectivity index (χ0v) is 23.0. The number of fused-ring (bicyclic) bond motifs is 2. The summed E-state index contributed by atoms with van der Waals surface area (Å²) in [4.78, 5) is 49.3. The van der Waals surface area contributed by atoms with Crippen LogP contribution in [0.1, 0.15) is 23.6 Å². The van der Waals surface area contributed by atoms with E-state index in [0.29, 0.717) is 30.3 Å². The summed E-state index contributed by atoms with van der Waals surface area (Å²) >= 11 is 1.81. The first-order valence-corrected chi connectivity index (χ1v) is 13.5. The molecule has 1 aromatic heterocycles. The highest BCUT2D eigenvalue weighted by Crippen LogP contribution is 2.41. The predicted molar refractivity (Wildman–Crippen MR) is 150 cm³/mol. The number of rotatable bonds is 8. The van der Waals surface area contributed by atoms with Crippen LogP contribution in [0, 0.1) is 0 Å². The number of aromatic nitrogens is 1. The molecule has 12 nitrogen and oxygen atoms in total. The Labute approximate surface area is 241 Å². The van der Waals surface area contributed by atoms with E-state index in [9.17, 15) is 19.2 Å². The average Bonchev–Trinajstić information content (AvgIpc) is 3.12. The van der Waals surface area contributed by atoms with Crippen LogP contribution in [-0.2, 0) is 25.6 Å². The summed E-state index contributed by atoms with van der Waals surface area (Å²) < 4.78 is 0. The van der Waals surface area contributed by atoms with Crippen LogP contribution < -0.4 is 0 Å². The van der Waals surface area contributed by atoms with Crippen LogP contribution in [0.2, 0.25) is 0 Å². The van der Waals surface area contributed by atoms with Gasteiger partial charge in [0.2, 0.25) is 0 Å². The largest absolute Gasteiger partial charge is 0.478 e. The van der Waals surface area contributed by atoms with Gasteiger partial charge in [0, 0.05) is 80.8 Å². The normalized spacial score (nSPS) is 16.8. The highest BCUT2D eigenvalue weighted by molar-refractivity contribution is 7.99. The molecule has 1 aromatic carbocycles. The van der Waals surface area contributed by atoms with Gasteiger partial charge in [-0.1, -0.05) is 36.0 Å². The van der Waals surface area contributed by atoms with E-state index in [2.05, 4.69) is 51.2 Å². The monoisotopic (exact) mass is 587 g/mol. The number of carbonyl (C=O) groups is 4. The molecule has 2 aliphatic heterocycles.